The molecule has 1 N–H and O–H groups in total. The van der Waals surface area contributed by atoms with Crippen molar-refractivity contribution in [1.29, 1.82) is 5.41 Å². The Bertz CT molecular complexity index is 196. The van der Waals surface area contributed by atoms with Crippen molar-refractivity contribution in [3.8, 4) is 0 Å². The van der Waals surface area contributed by atoms with Gasteiger partial charge in [-0.1, -0.05) is 70.4 Å². The lowest BCUT2D eigenvalue weighted by atomic mass is 10.1. The first kappa shape index (κ1) is 18.4. The summed E-state index contributed by atoms with van der Waals surface area (Å²) in [7, 11) is 0. The average Bonchev–Trinajstić information content (AvgIpc) is 2.43. The van der Waals surface area contributed by atoms with Crippen LogP contribution in [0.2, 0.25) is 0 Å². The minimum Gasteiger partial charge on any atom is -0.313 e. The van der Waals surface area contributed by atoms with Crippen molar-refractivity contribution in [1.82, 2.24) is 0 Å². The van der Waals surface area contributed by atoms with Gasteiger partial charge in [-0.2, -0.15) is 0 Å². The second-order valence-electron chi connectivity index (χ2n) is 5.58. The quantitative estimate of drug-likeness (QED) is 0.194. The second kappa shape index (κ2) is 17.4. The Balaban J connectivity index is 3.03. The molecule has 1 heteroatoms. The van der Waals surface area contributed by atoms with Crippen LogP contribution in [-0.4, -0.2) is 6.21 Å². The Morgan fingerprint density at radius 1 is 0.579 bits per heavy atom. The van der Waals surface area contributed by atoms with E-state index in [1.807, 2.05) is 0 Å². The molecule has 0 rings (SSSR count). The number of allylic oxidation sites excluding steroid dienone is 2. The normalized spacial score (nSPS) is 11.2. The fraction of sp³-hybridized carbons (Fsp3) is 0.833. The Morgan fingerprint density at radius 2 is 1.00 bits per heavy atom. The molecule has 0 aliphatic carbocycles. The summed E-state index contributed by atoms with van der Waals surface area (Å²) < 4.78 is 0. The van der Waals surface area contributed by atoms with Crippen molar-refractivity contribution in [2.75, 3.05) is 0 Å². The number of unbranched alkanes of at least 4 members (excludes halogenated alkanes) is 12. The lowest BCUT2D eigenvalue weighted by molar-refractivity contribution is 0.610. The van der Waals surface area contributed by atoms with Crippen molar-refractivity contribution >= 4 is 6.21 Å². The van der Waals surface area contributed by atoms with Crippen LogP contribution in [0.5, 0.6) is 0 Å². The third-order valence-corrected chi connectivity index (χ3v) is 3.61. The summed E-state index contributed by atoms with van der Waals surface area (Å²) in [5, 5.41) is 6.94. The van der Waals surface area contributed by atoms with E-state index < -0.39 is 0 Å². The third kappa shape index (κ3) is 17.4. The maximum Gasteiger partial charge on any atom is -0.00477 e. The molecule has 0 heterocycles. The lowest BCUT2D eigenvalue weighted by Gasteiger charge is -1.99. The van der Waals surface area contributed by atoms with Crippen LogP contribution in [0.25, 0.3) is 0 Å². The molecule has 0 atom stereocenters. The molecule has 0 aliphatic heterocycles. The standard InChI is InChI=1S/C18H35N/c1-2-3-4-5-6-7-8-9-10-11-12-13-14-15-16-17-18-19/h9-10,18-19H,2-8,11-17H2,1H3/b10-9+,19-18?. The fourth-order valence-electron chi connectivity index (χ4n) is 2.32. The van der Waals surface area contributed by atoms with Crippen LogP contribution >= 0.6 is 0 Å². The Hall–Kier alpha value is -0.590. The molecule has 0 unspecified atom stereocenters. The molecule has 0 saturated carbocycles. The Morgan fingerprint density at radius 3 is 1.47 bits per heavy atom. The highest BCUT2D eigenvalue weighted by Crippen LogP contribution is 2.09. The van der Waals surface area contributed by atoms with E-state index in [-0.39, 0.29) is 0 Å². The van der Waals surface area contributed by atoms with Crippen LogP contribution in [-0.2, 0) is 0 Å². The highest BCUT2D eigenvalue weighted by molar-refractivity contribution is 5.52. The van der Waals surface area contributed by atoms with Crippen LogP contribution in [0.3, 0.4) is 0 Å². The molecule has 1 nitrogen and oxygen atoms in total. The SMILES string of the molecule is CCCCCCCC/C=C/CCCCCCCC=N. The average molecular weight is 265 g/mol. The molecule has 0 aromatic carbocycles. The molecule has 112 valence electrons. The molecular formula is C18H35N. The van der Waals surface area contributed by atoms with E-state index in [9.17, 15) is 0 Å². The monoisotopic (exact) mass is 265 g/mol. The van der Waals surface area contributed by atoms with Gasteiger partial charge < -0.3 is 5.41 Å². The summed E-state index contributed by atoms with van der Waals surface area (Å²) in [5.74, 6) is 0. The van der Waals surface area contributed by atoms with Crippen LogP contribution in [0.15, 0.2) is 12.2 Å². The molecule has 0 spiro atoms. The minimum absolute atomic E-state index is 0.970. The maximum absolute atomic E-state index is 6.94. The molecule has 0 bridgehead atoms. The fourth-order valence-corrected chi connectivity index (χ4v) is 2.32. The Kier molecular flexibility index (Phi) is 16.9. The molecular weight excluding hydrogens is 230 g/mol. The minimum atomic E-state index is 0.970. The van der Waals surface area contributed by atoms with Crippen molar-refractivity contribution in [3.63, 3.8) is 0 Å². The topological polar surface area (TPSA) is 23.9 Å². The van der Waals surface area contributed by atoms with Crippen molar-refractivity contribution < 1.29 is 0 Å². The molecule has 0 aromatic heterocycles. The molecule has 0 radical (unpaired) electrons. The van der Waals surface area contributed by atoms with E-state index >= 15 is 0 Å². The van der Waals surface area contributed by atoms with Gasteiger partial charge in [-0.3, -0.25) is 0 Å². The predicted octanol–water partition coefficient (Wildman–Crippen LogP) is 6.67. The first-order chi connectivity index (χ1) is 9.41. The van der Waals surface area contributed by atoms with E-state index in [0.717, 1.165) is 6.42 Å². The van der Waals surface area contributed by atoms with E-state index in [1.165, 1.54) is 89.7 Å². The largest absolute Gasteiger partial charge is 0.313 e. The number of hydrogen-bond donors (Lipinski definition) is 1. The summed E-state index contributed by atoms with van der Waals surface area (Å²) in [4.78, 5) is 0. The van der Waals surface area contributed by atoms with Gasteiger partial charge in [0.15, 0.2) is 0 Å². The summed E-state index contributed by atoms with van der Waals surface area (Å²) >= 11 is 0. The number of hydrogen-bond acceptors (Lipinski definition) is 1. The number of nitrogens with one attached hydrogen (secondary N) is 1. The first-order valence-corrected chi connectivity index (χ1v) is 8.55. The van der Waals surface area contributed by atoms with Gasteiger partial charge in [0.05, 0.1) is 0 Å². The maximum atomic E-state index is 6.94. The number of rotatable bonds is 15. The van der Waals surface area contributed by atoms with Crippen molar-refractivity contribution in [3.05, 3.63) is 12.2 Å². The second-order valence-corrected chi connectivity index (χ2v) is 5.58. The van der Waals surface area contributed by atoms with E-state index in [2.05, 4.69) is 19.1 Å². The first-order valence-electron chi connectivity index (χ1n) is 8.55. The van der Waals surface area contributed by atoms with Crippen molar-refractivity contribution in [2.24, 2.45) is 0 Å². The summed E-state index contributed by atoms with van der Waals surface area (Å²) in [5.41, 5.74) is 0. The molecule has 0 saturated heterocycles. The third-order valence-electron chi connectivity index (χ3n) is 3.61. The lowest BCUT2D eigenvalue weighted by Crippen LogP contribution is -1.80. The van der Waals surface area contributed by atoms with Gasteiger partial charge in [-0.25, -0.2) is 0 Å². The smallest absolute Gasteiger partial charge is 0.00477 e. The molecule has 19 heavy (non-hydrogen) atoms. The van der Waals surface area contributed by atoms with Crippen LogP contribution in [0.4, 0.5) is 0 Å². The van der Waals surface area contributed by atoms with Crippen LogP contribution in [0.1, 0.15) is 96.8 Å². The summed E-state index contributed by atoms with van der Waals surface area (Å²) in [6, 6.07) is 0. The predicted molar refractivity (Wildman–Crippen MR) is 88.2 cm³/mol. The van der Waals surface area contributed by atoms with E-state index in [0.29, 0.717) is 0 Å². The van der Waals surface area contributed by atoms with Crippen LogP contribution < -0.4 is 0 Å². The molecule has 0 amide bonds. The highest BCUT2D eigenvalue weighted by atomic mass is 14.3. The van der Waals surface area contributed by atoms with Crippen LogP contribution in [0, 0.1) is 5.41 Å². The molecule has 0 aliphatic rings. The zero-order valence-electron chi connectivity index (χ0n) is 13.1. The molecule has 0 fully saturated rings. The summed E-state index contributed by atoms with van der Waals surface area (Å²) in [6.45, 7) is 2.27. The van der Waals surface area contributed by atoms with Gasteiger partial charge in [0, 0.05) is 0 Å². The van der Waals surface area contributed by atoms with E-state index in [1.54, 1.807) is 0 Å². The highest BCUT2D eigenvalue weighted by Gasteiger charge is 1.90. The zero-order valence-corrected chi connectivity index (χ0v) is 13.1. The zero-order chi connectivity index (χ0) is 14.0. The van der Waals surface area contributed by atoms with E-state index in [4.69, 9.17) is 5.41 Å². The summed E-state index contributed by atoms with van der Waals surface area (Å²) in [6.07, 6.45) is 24.8. The van der Waals surface area contributed by atoms with Gasteiger partial charge in [0.2, 0.25) is 0 Å². The van der Waals surface area contributed by atoms with Gasteiger partial charge >= 0.3 is 0 Å². The molecule has 0 aromatic rings. The van der Waals surface area contributed by atoms with Crippen molar-refractivity contribution in [2.45, 2.75) is 96.8 Å². The van der Waals surface area contributed by atoms with Gasteiger partial charge in [0.25, 0.3) is 0 Å². The van der Waals surface area contributed by atoms with Gasteiger partial charge in [-0.15, -0.1) is 0 Å². The Labute approximate surface area is 121 Å². The van der Waals surface area contributed by atoms with Gasteiger partial charge in [0.1, 0.15) is 0 Å². The van der Waals surface area contributed by atoms with Gasteiger partial charge in [-0.05, 0) is 44.7 Å².